The topological polar surface area (TPSA) is 72.6 Å². The summed E-state index contributed by atoms with van der Waals surface area (Å²) >= 11 is 0. The Bertz CT molecular complexity index is 502. The first-order valence-electron chi connectivity index (χ1n) is 6.80. The maximum atomic E-state index is 14.0. The Labute approximate surface area is 116 Å². The molecule has 6 heteroatoms. The molecule has 1 aliphatic carbocycles. The number of aliphatic hydroxyl groups excluding tert-OH is 1. The molecule has 5 nitrogen and oxygen atoms in total. The second-order valence-electron chi connectivity index (χ2n) is 5.14. The zero-order valence-corrected chi connectivity index (χ0v) is 11.3. The second kappa shape index (κ2) is 6.17. The Morgan fingerprint density at radius 1 is 1.55 bits per heavy atom. The van der Waals surface area contributed by atoms with Crippen LogP contribution in [0, 0.1) is 21.8 Å². The van der Waals surface area contributed by atoms with Crippen LogP contribution in [0.1, 0.15) is 31.7 Å². The van der Waals surface area contributed by atoms with Crippen molar-refractivity contribution in [3.63, 3.8) is 0 Å². The molecule has 0 aromatic heterocycles. The molecule has 0 aliphatic heterocycles. The van der Waals surface area contributed by atoms with Crippen LogP contribution in [0.25, 0.3) is 0 Å². The fourth-order valence-corrected chi connectivity index (χ4v) is 2.14. The van der Waals surface area contributed by atoms with E-state index in [1.54, 1.807) is 0 Å². The lowest BCUT2D eigenvalue weighted by molar-refractivity contribution is -0.385. The third kappa shape index (κ3) is 3.45. The maximum absolute atomic E-state index is 14.0. The summed E-state index contributed by atoms with van der Waals surface area (Å²) in [5.74, 6) is -0.478. The van der Waals surface area contributed by atoms with Crippen LogP contribution in [0.15, 0.2) is 12.1 Å². The highest BCUT2D eigenvalue weighted by molar-refractivity contribution is 5.45. The zero-order valence-electron chi connectivity index (χ0n) is 11.3. The molecule has 1 saturated carbocycles. The molecule has 2 rings (SSSR count). The molecule has 1 aromatic rings. The van der Waals surface area contributed by atoms with Crippen molar-refractivity contribution >= 4 is 5.69 Å². The first-order chi connectivity index (χ1) is 9.52. The normalized spacial score (nSPS) is 15.9. The van der Waals surface area contributed by atoms with Crippen molar-refractivity contribution in [2.24, 2.45) is 5.92 Å². The van der Waals surface area contributed by atoms with Gasteiger partial charge in [0.25, 0.3) is 5.69 Å². The Balaban J connectivity index is 2.18. The van der Waals surface area contributed by atoms with Gasteiger partial charge in [-0.2, -0.15) is 0 Å². The molecule has 1 fully saturated rings. The minimum atomic E-state index is -0.745. The van der Waals surface area contributed by atoms with Crippen molar-refractivity contribution in [2.75, 3.05) is 6.61 Å². The Kier molecular flexibility index (Phi) is 4.54. The first-order valence-corrected chi connectivity index (χ1v) is 6.80. The van der Waals surface area contributed by atoms with Crippen molar-refractivity contribution in [3.05, 3.63) is 33.6 Å². The fraction of sp³-hybridized carbons (Fsp3) is 0.571. The molecule has 1 N–H and O–H groups in total. The van der Waals surface area contributed by atoms with Crippen molar-refractivity contribution in [1.82, 2.24) is 0 Å². The summed E-state index contributed by atoms with van der Waals surface area (Å²) < 4.78 is 19.3. The average Bonchev–Trinajstić information content (AvgIpc) is 3.21. The predicted molar refractivity (Wildman–Crippen MR) is 71.3 cm³/mol. The van der Waals surface area contributed by atoms with Gasteiger partial charge in [-0.1, -0.05) is 13.3 Å². The highest BCUT2D eigenvalue weighted by atomic mass is 19.1. The Morgan fingerprint density at radius 3 is 2.80 bits per heavy atom. The number of nitro benzene ring substituents is 1. The van der Waals surface area contributed by atoms with E-state index < -0.39 is 16.8 Å². The number of halogens is 1. The highest BCUT2D eigenvalue weighted by Crippen LogP contribution is 2.34. The molecular formula is C14H18FNO4. The standard InChI is InChI=1S/C14H18FNO4/c1-2-3-10-6-11(16(18)19)7-12(15)14(10)20-8-13(17)9-4-5-9/h6-7,9,13,17H,2-5,8H2,1H3/t13-/m1/s1. The largest absolute Gasteiger partial charge is 0.488 e. The van der Waals surface area contributed by atoms with E-state index in [2.05, 4.69) is 0 Å². The van der Waals surface area contributed by atoms with E-state index in [9.17, 15) is 19.6 Å². The summed E-state index contributed by atoms with van der Waals surface area (Å²) in [4.78, 5) is 10.1. The number of ether oxygens (including phenoxy) is 1. The lowest BCUT2D eigenvalue weighted by Gasteiger charge is -2.15. The quantitative estimate of drug-likeness (QED) is 0.617. The van der Waals surface area contributed by atoms with Gasteiger partial charge in [0.2, 0.25) is 0 Å². The summed E-state index contributed by atoms with van der Waals surface area (Å²) in [6.45, 7) is 1.93. The van der Waals surface area contributed by atoms with E-state index in [1.807, 2.05) is 6.92 Å². The van der Waals surface area contributed by atoms with E-state index in [4.69, 9.17) is 4.74 Å². The van der Waals surface area contributed by atoms with E-state index in [0.717, 1.165) is 25.3 Å². The number of nitrogens with zero attached hydrogens (tertiary/aromatic N) is 1. The number of hydrogen-bond donors (Lipinski definition) is 1. The van der Waals surface area contributed by atoms with Crippen LogP contribution in [-0.2, 0) is 6.42 Å². The van der Waals surface area contributed by atoms with Crippen LogP contribution < -0.4 is 4.74 Å². The second-order valence-corrected chi connectivity index (χ2v) is 5.14. The first kappa shape index (κ1) is 14.7. The van der Waals surface area contributed by atoms with E-state index in [-0.39, 0.29) is 24.0 Å². The van der Waals surface area contributed by atoms with Crippen molar-refractivity contribution < 1.29 is 19.2 Å². The molecule has 1 atom stereocenters. The number of non-ortho nitro benzene ring substituents is 1. The van der Waals surface area contributed by atoms with Gasteiger partial charge < -0.3 is 9.84 Å². The summed E-state index contributed by atoms with van der Waals surface area (Å²) in [6.07, 6.45) is 2.55. The van der Waals surface area contributed by atoms with Crippen molar-refractivity contribution in [3.8, 4) is 5.75 Å². The van der Waals surface area contributed by atoms with Crippen molar-refractivity contribution in [1.29, 1.82) is 0 Å². The predicted octanol–water partition coefficient (Wildman–Crippen LogP) is 2.84. The molecule has 1 aromatic carbocycles. The molecule has 0 saturated heterocycles. The number of benzene rings is 1. The highest BCUT2D eigenvalue weighted by Gasteiger charge is 2.30. The number of hydrogen-bond acceptors (Lipinski definition) is 4. The smallest absolute Gasteiger partial charge is 0.272 e. The molecular weight excluding hydrogens is 265 g/mol. The van der Waals surface area contributed by atoms with Gasteiger partial charge in [-0.15, -0.1) is 0 Å². The summed E-state index contributed by atoms with van der Waals surface area (Å²) in [5.41, 5.74) is 0.197. The molecule has 0 radical (unpaired) electrons. The van der Waals surface area contributed by atoms with Crippen LogP contribution in [0.5, 0.6) is 5.75 Å². The Hall–Kier alpha value is -1.69. The summed E-state index contributed by atoms with van der Waals surface area (Å²) in [6, 6.07) is 2.20. The van der Waals surface area contributed by atoms with Gasteiger partial charge in [-0.25, -0.2) is 4.39 Å². The number of aliphatic hydroxyl groups is 1. The molecule has 0 spiro atoms. The van der Waals surface area contributed by atoms with E-state index in [1.165, 1.54) is 6.07 Å². The van der Waals surface area contributed by atoms with Crippen LogP contribution in [0.2, 0.25) is 0 Å². The van der Waals surface area contributed by atoms with Gasteiger partial charge in [0.15, 0.2) is 11.6 Å². The third-order valence-corrected chi connectivity index (χ3v) is 3.40. The monoisotopic (exact) mass is 283 g/mol. The molecule has 0 heterocycles. The molecule has 0 bridgehead atoms. The fourth-order valence-electron chi connectivity index (χ4n) is 2.14. The molecule has 0 amide bonds. The van der Waals surface area contributed by atoms with Crippen LogP contribution in [0.4, 0.5) is 10.1 Å². The lowest BCUT2D eigenvalue weighted by Crippen LogP contribution is -2.20. The summed E-state index contributed by atoms with van der Waals surface area (Å²) in [7, 11) is 0. The number of aryl methyl sites for hydroxylation is 1. The zero-order chi connectivity index (χ0) is 14.7. The number of nitro groups is 1. The average molecular weight is 283 g/mol. The van der Waals surface area contributed by atoms with Gasteiger partial charge in [0.05, 0.1) is 17.1 Å². The maximum Gasteiger partial charge on any atom is 0.272 e. The minimum Gasteiger partial charge on any atom is -0.488 e. The third-order valence-electron chi connectivity index (χ3n) is 3.40. The molecule has 110 valence electrons. The van der Waals surface area contributed by atoms with Gasteiger partial charge in [-0.3, -0.25) is 10.1 Å². The van der Waals surface area contributed by atoms with Gasteiger partial charge in [0.1, 0.15) is 6.61 Å². The Morgan fingerprint density at radius 2 is 2.25 bits per heavy atom. The van der Waals surface area contributed by atoms with E-state index in [0.29, 0.717) is 12.0 Å². The van der Waals surface area contributed by atoms with Crippen molar-refractivity contribution in [2.45, 2.75) is 38.7 Å². The lowest BCUT2D eigenvalue weighted by atomic mass is 10.1. The molecule has 20 heavy (non-hydrogen) atoms. The van der Waals surface area contributed by atoms with Gasteiger partial charge >= 0.3 is 0 Å². The van der Waals surface area contributed by atoms with Gasteiger partial charge in [0, 0.05) is 11.6 Å². The van der Waals surface area contributed by atoms with Crippen LogP contribution in [0.3, 0.4) is 0 Å². The van der Waals surface area contributed by atoms with Gasteiger partial charge in [-0.05, 0) is 25.2 Å². The minimum absolute atomic E-state index is 0.0239. The molecule has 0 unspecified atom stereocenters. The summed E-state index contributed by atoms with van der Waals surface area (Å²) in [5, 5.41) is 20.5. The molecule has 1 aliphatic rings. The van der Waals surface area contributed by atoms with Crippen LogP contribution in [-0.4, -0.2) is 22.7 Å². The van der Waals surface area contributed by atoms with Crippen LogP contribution >= 0.6 is 0 Å². The van der Waals surface area contributed by atoms with E-state index >= 15 is 0 Å². The SMILES string of the molecule is CCCc1cc([N+](=O)[O-])cc(F)c1OC[C@@H](O)C1CC1. The number of rotatable bonds is 7.